The maximum Gasteiger partial charge on any atom is 0.164 e. The van der Waals surface area contributed by atoms with Crippen LogP contribution in [0, 0.1) is 0 Å². The summed E-state index contributed by atoms with van der Waals surface area (Å²) in [5, 5.41) is 4.42. The summed E-state index contributed by atoms with van der Waals surface area (Å²) in [6.45, 7) is 0. The lowest BCUT2D eigenvalue weighted by Crippen LogP contribution is -2.00. The molecule has 0 bridgehead atoms. The standard InChI is InChI=1S/C51H32N4O/c1-4-13-33(14-5-1)37-19-12-20-38(31-37)34-23-26-40(27-24-34)55-45-22-11-10-21-41(45)43-29-30-44-42-28-25-39(32-46(42)56-48(44)47(43)55)51-53-49(35-15-6-2-7-16-35)52-50(54-51)36-17-8-3-9-18-36/h1-32H. The fourth-order valence-electron chi connectivity index (χ4n) is 7.94. The number of nitrogens with zero attached hydrogens (tertiary/aromatic N) is 4. The second-order valence-electron chi connectivity index (χ2n) is 14.0. The van der Waals surface area contributed by atoms with Crippen LogP contribution < -0.4 is 0 Å². The molecule has 0 aliphatic rings. The average molecular weight is 717 g/mol. The highest BCUT2D eigenvalue weighted by Gasteiger charge is 2.20. The van der Waals surface area contributed by atoms with Gasteiger partial charge >= 0.3 is 0 Å². The van der Waals surface area contributed by atoms with Crippen LogP contribution in [0.2, 0.25) is 0 Å². The van der Waals surface area contributed by atoms with Crippen molar-refractivity contribution in [3.63, 3.8) is 0 Å². The van der Waals surface area contributed by atoms with Gasteiger partial charge in [0.25, 0.3) is 0 Å². The SMILES string of the molecule is c1ccc(-c2cccc(-c3ccc(-n4c5ccccc5c5ccc6c7ccc(-c8nc(-c9ccccc9)nc(-c9ccccc9)n8)cc7oc6c54)cc3)c2)cc1. The number of hydrogen-bond donors (Lipinski definition) is 0. The number of furan rings is 1. The third-order valence-corrected chi connectivity index (χ3v) is 10.7. The minimum Gasteiger partial charge on any atom is -0.454 e. The van der Waals surface area contributed by atoms with Crippen LogP contribution in [-0.4, -0.2) is 19.5 Å². The molecular formula is C51H32N4O. The molecule has 5 heteroatoms. The van der Waals surface area contributed by atoms with Gasteiger partial charge in [0.2, 0.25) is 0 Å². The molecule has 5 nitrogen and oxygen atoms in total. The fourth-order valence-corrected chi connectivity index (χ4v) is 7.94. The molecule has 11 rings (SSSR count). The smallest absolute Gasteiger partial charge is 0.164 e. The van der Waals surface area contributed by atoms with Crippen LogP contribution in [0.5, 0.6) is 0 Å². The third kappa shape index (κ3) is 5.37. The van der Waals surface area contributed by atoms with E-state index in [1.165, 1.54) is 22.1 Å². The number of aromatic nitrogens is 4. The number of benzene rings is 8. The van der Waals surface area contributed by atoms with Crippen molar-refractivity contribution < 1.29 is 4.42 Å². The molecule has 0 N–H and O–H groups in total. The van der Waals surface area contributed by atoms with E-state index in [4.69, 9.17) is 19.4 Å². The Labute approximate surface area is 322 Å². The summed E-state index contributed by atoms with van der Waals surface area (Å²) in [6.07, 6.45) is 0. The van der Waals surface area contributed by atoms with Gasteiger partial charge in [-0.05, 0) is 64.7 Å². The molecule has 56 heavy (non-hydrogen) atoms. The Morgan fingerprint density at radius 3 is 1.50 bits per heavy atom. The van der Waals surface area contributed by atoms with Crippen molar-refractivity contribution in [3.05, 3.63) is 194 Å². The highest BCUT2D eigenvalue weighted by molar-refractivity contribution is 6.21. The Morgan fingerprint density at radius 2 is 0.839 bits per heavy atom. The van der Waals surface area contributed by atoms with Gasteiger partial charge in [0.15, 0.2) is 23.1 Å². The highest BCUT2D eigenvalue weighted by atomic mass is 16.3. The van der Waals surface area contributed by atoms with Crippen molar-refractivity contribution in [1.29, 1.82) is 0 Å². The lowest BCUT2D eigenvalue weighted by atomic mass is 9.99. The summed E-state index contributed by atoms with van der Waals surface area (Å²) in [4.78, 5) is 14.8. The van der Waals surface area contributed by atoms with Gasteiger partial charge in [0, 0.05) is 43.9 Å². The molecule has 0 saturated heterocycles. The molecule has 3 heterocycles. The van der Waals surface area contributed by atoms with E-state index in [2.05, 4.69) is 138 Å². The molecule has 0 saturated carbocycles. The third-order valence-electron chi connectivity index (χ3n) is 10.7. The maximum absolute atomic E-state index is 6.91. The van der Waals surface area contributed by atoms with E-state index in [0.29, 0.717) is 17.5 Å². The van der Waals surface area contributed by atoms with Gasteiger partial charge < -0.3 is 8.98 Å². The number of hydrogen-bond acceptors (Lipinski definition) is 4. The van der Waals surface area contributed by atoms with Crippen LogP contribution in [0.3, 0.4) is 0 Å². The summed E-state index contributed by atoms with van der Waals surface area (Å²) in [5.41, 5.74) is 12.3. The Bertz CT molecular complexity index is 3160. The quantitative estimate of drug-likeness (QED) is 0.172. The van der Waals surface area contributed by atoms with E-state index in [-0.39, 0.29) is 0 Å². The minimum absolute atomic E-state index is 0.591. The van der Waals surface area contributed by atoms with Crippen molar-refractivity contribution in [2.45, 2.75) is 0 Å². The van der Waals surface area contributed by atoms with Gasteiger partial charge in [-0.2, -0.15) is 0 Å². The van der Waals surface area contributed by atoms with Crippen molar-refractivity contribution in [3.8, 4) is 62.1 Å². The fraction of sp³-hybridized carbons (Fsp3) is 0. The first kappa shape index (κ1) is 31.9. The molecule has 0 atom stereocenters. The normalized spacial score (nSPS) is 11.6. The molecule has 0 amide bonds. The zero-order chi connectivity index (χ0) is 37.0. The van der Waals surface area contributed by atoms with Crippen molar-refractivity contribution in [2.24, 2.45) is 0 Å². The van der Waals surface area contributed by atoms with Gasteiger partial charge in [0.1, 0.15) is 5.58 Å². The molecule has 262 valence electrons. The number of para-hydroxylation sites is 1. The van der Waals surface area contributed by atoms with Gasteiger partial charge in [0.05, 0.1) is 11.0 Å². The van der Waals surface area contributed by atoms with Crippen molar-refractivity contribution in [2.75, 3.05) is 0 Å². The first-order chi connectivity index (χ1) is 27.7. The van der Waals surface area contributed by atoms with Crippen molar-refractivity contribution in [1.82, 2.24) is 19.5 Å². The predicted octanol–water partition coefficient (Wildman–Crippen LogP) is 13.2. The van der Waals surface area contributed by atoms with Crippen LogP contribution in [0.25, 0.3) is 106 Å². The average Bonchev–Trinajstić information content (AvgIpc) is 3.83. The molecule has 8 aromatic carbocycles. The minimum atomic E-state index is 0.591. The summed E-state index contributed by atoms with van der Waals surface area (Å²) < 4.78 is 9.24. The topological polar surface area (TPSA) is 56.7 Å². The van der Waals surface area contributed by atoms with Crippen LogP contribution in [0.1, 0.15) is 0 Å². The van der Waals surface area contributed by atoms with E-state index in [0.717, 1.165) is 66.3 Å². The lowest BCUT2D eigenvalue weighted by Gasteiger charge is -2.10. The molecule has 0 spiro atoms. The van der Waals surface area contributed by atoms with Gasteiger partial charge in [-0.25, -0.2) is 15.0 Å². The van der Waals surface area contributed by atoms with Gasteiger partial charge in [-0.3, -0.25) is 0 Å². The van der Waals surface area contributed by atoms with E-state index >= 15 is 0 Å². The number of rotatable bonds is 6. The summed E-state index contributed by atoms with van der Waals surface area (Å²) >= 11 is 0. The molecule has 0 radical (unpaired) electrons. The molecule has 11 aromatic rings. The van der Waals surface area contributed by atoms with Gasteiger partial charge in [-0.1, -0.05) is 152 Å². The Kier molecular flexibility index (Phi) is 7.42. The van der Waals surface area contributed by atoms with E-state index in [1.807, 2.05) is 60.7 Å². The largest absolute Gasteiger partial charge is 0.454 e. The van der Waals surface area contributed by atoms with E-state index < -0.39 is 0 Å². The van der Waals surface area contributed by atoms with Gasteiger partial charge in [-0.15, -0.1) is 0 Å². The van der Waals surface area contributed by atoms with Crippen LogP contribution >= 0.6 is 0 Å². The summed E-state index contributed by atoms with van der Waals surface area (Å²) in [7, 11) is 0. The molecule has 0 aliphatic carbocycles. The Hall–Kier alpha value is -7.63. The molecule has 0 unspecified atom stereocenters. The maximum atomic E-state index is 6.91. The predicted molar refractivity (Wildman–Crippen MR) is 229 cm³/mol. The van der Waals surface area contributed by atoms with E-state index in [9.17, 15) is 0 Å². The first-order valence-corrected chi connectivity index (χ1v) is 18.8. The number of fused-ring (bicyclic) bond motifs is 7. The van der Waals surface area contributed by atoms with Crippen LogP contribution in [0.4, 0.5) is 0 Å². The summed E-state index contributed by atoms with van der Waals surface area (Å²) in [6, 6.07) is 67.5. The lowest BCUT2D eigenvalue weighted by molar-refractivity contribution is 0.671. The Balaban J connectivity index is 1.05. The van der Waals surface area contributed by atoms with Crippen molar-refractivity contribution >= 4 is 43.7 Å². The molecule has 0 fully saturated rings. The zero-order valence-electron chi connectivity index (χ0n) is 30.2. The van der Waals surface area contributed by atoms with Crippen LogP contribution in [0.15, 0.2) is 199 Å². The van der Waals surface area contributed by atoms with E-state index in [1.54, 1.807) is 0 Å². The molecule has 0 aliphatic heterocycles. The second kappa shape index (κ2) is 13.0. The Morgan fingerprint density at radius 1 is 0.339 bits per heavy atom. The molecule has 3 aromatic heterocycles. The molecular weight excluding hydrogens is 685 g/mol. The summed E-state index contributed by atoms with van der Waals surface area (Å²) in [5.74, 6) is 1.84. The second-order valence-corrected chi connectivity index (χ2v) is 14.0. The highest BCUT2D eigenvalue weighted by Crippen LogP contribution is 2.41. The van der Waals surface area contributed by atoms with Crippen LogP contribution in [-0.2, 0) is 0 Å². The monoisotopic (exact) mass is 716 g/mol. The zero-order valence-corrected chi connectivity index (χ0v) is 30.2. The first-order valence-electron chi connectivity index (χ1n) is 18.8.